The zero-order chi connectivity index (χ0) is 9.05. The second-order valence-electron chi connectivity index (χ2n) is 5.65. The van der Waals surface area contributed by atoms with Crippen molar-refractivity contribution in [2.24, 2.45) is 28.9 Å². The first kappa shape index (κ1) is 8.25. The average molecular weight is 181 g/mol. The van der Waals surface area contributed by atoms with Gasteiger partial charge in [0.1, 0.15) is 0 Å². The maximum atomic E-state index is 9.52. The maximum absolute atomic E-state index is 9.52. The molecule has 0 aromatic carbocycles. The standard InChI is InChI=1S/C11H19NO/c12-10-9-2-7-1-8(3-9)5-11(10,4-7)6-13/h7-10,13H,1-6,12H2. The van der Waals surface area contributed by atoms with E-state index in [2.05, 4.69) is 0 Å². The van der Waals surface area contributed by atoms with Crippen LogP contribution in [-0.4, -0.2) is 17.8 Å². The van der Waals surface area contributed by atoms with Crippen molar-refractivity contribution in [2.75, 3.05) is 6.61 Å². The van der Waals surface area contributed by atoms with Crippen LogP contribution in [0.25, 0.3) is 0 Å². The lowest BCUT2D eigenvalue weighted by atomic mass is 9.48. The van der Waals surface area contributed by atoms with E-state index in [0.29, 0.717) is 12.6 Å². The SMILES string of the molecule is NC1C2CC3CC(C2)CC1(CO)C3. The molecule has 0 aliphatic heterocycles. The van der Waals surface area contributed by atoms with Gasteiger partial charge in [-0.3, -0.25) is 0 Å². The van der Waals surface area contributed by atoms with E-state index in [-0.39, 0.29) is 5.41 Å². The van der Waals surface area contributed by atoms with Crippen LogP contribution in [0.3, 0.4) is 0 Å². The van der Waals surface area contributed by atoms with Crippen LogP contribution in [-0.2, 0) is 0 Å². The van der Waals surface area contributed by atoms with Crippen LogP contribution in [0.5, 0.6) is 0 Å². The molecule has 3 atom stereocenters. The first-order chi connectivity index (χ1) is 6.23. The minimum atomic E-state index is 0.134. The molecule has 4 bridgehead atoms. The molecule has 0 aromatic heterocycles. The quantitative estimate of drug-likeness (QED) is 0.637. The Bertz CT molecular complexity index is 214. The highest BCUT2D eigenvalue weighted by molar-refractivity contribution is 5.07. The first-order valence-electron chi connectivity index (χ1n) is 5.60. The normalized spacial score (nSPS) is 58.6. The molecule has 0 spiro atoms. The van der Waals surface area contributed by atoms with E-state index in [1.807, 2.05) is 0 Å². The van der Waals surface area contributed by atoms with Gasteiger partial charge in [0, 0.05) is 11.5 Å². The summed E-state index contributed by atoms with van der Waals surface area (Å²) in [6.07, 6.45) is 6.53. The highest BCUT2D eigenvalue weighted by Crippen LogP contribution is 2.59. The highest BCUT2D eigenvalue weighted by atomic mass is 16.3. The van der Waals surface area contributed by atoms with E-state index in [0.717, 1.165) is 17.8 Å². The van der Waals surface area contributed by atoms with Gasteiger partial charge in [0.2, 0.25) is 0 Å². The molecule has 0 aromatic rings. The summed E-state index contributed by atoms with van der Waals surface area (Å²) in [7, 11) is 0. The van der Waals surface area contributed by atoms with Crippen molar-refractivity contribution in [2.45, 2.75) is 38.1 Å². The van der Waals surface area contributed by atoms with Crippen LogP contribution >= 0.6 is 0 Å². The van der Waals surface area contributed by atoms with Crippen molar-refractivity contribution in [1.29, 1.82) is 0 Å². The van der Waals surface area contributed by atoms with Crippen LogP contribution in [0, 0.1) is 23.2 Å². The van der Waals surface area contributed by atoms with E-state index in [1.54, 1.807) is 0 Å². The summed E-state index contributed by atoms with van der Waals surface area (Å²) in [5.74, 6) is 2.52. The molecule has 4 aliphatic rings. The molecule has 4 aliphatic carbocycles. The Labute approximate surface area is 79.5 Å². The molecular weight excluding hydrogens is 162 g/mol. The summed E-state index contributed by atoms with van der Waals surface area (Å²) in [5.41, 5.74) is 6.39. The number of hydrogen-bond acceptors (Lipinski definition) is 2. The van der Waals surface area contributed by atoms with E-state index >= 15 is 0 Å². The van der Waals surface area contributed by atoms with E-state index in [9.17, 15) is 5.11 Å². The van der Waals surface area contributed by atoms with E-state index in [4.69, 9.17) is 5.73 Å². The van der Waals surface area contributed by atoms with Gasteiger partial charge in [-0.25, -0.2) is 0 Å². The van der Waals surface area contributed by atoms with Gasteiger partial charge >= 0.3 is 0 Å². The Hall–Kier alpha value is -0.0800. The largest absolute Gasteiger partial charge is 0.396 e. The Morgan fingerprint density at radius 1 is 1.15 bits per heavy atom. The number of nitrogens with two attached hydrogens (primary N) is 1. The van der Waals surface area contributed by atoms with Crippen LogP contribution < -0.4 is 5.73 Å². The van der Waals surface area contributed by atoms with Crippen molar-refractivity contribution < 1.29 is 5.11 Å². The molecule has 3 N–H and O–H groups in total. The molecule has 0 saturated heterocycles. The van der Waals surface area contributed by atoms with Gasteiger partial charge in [0.25, 0.3) is 0 Å². The monoisotopic (exact) mass is 181 g/mol. The third-order valence-electron chi connectivity index (χ3n) is 4.86. The number of aliphatic hydroxyl groups excluding tert-OH is 1. The molecular formula is C11H19NO. The summed E-state index contributed by atoms with van der Waals surface area (Å²) < 4.78 is 0. The Morgan fingerprint density at radius 3 is 2.31 bits per heavy atom. The number of hydrogen-bond donors (Lipinski definition) is 2. The molecule has 0 radical (unpaired) electrons. The fraction of sp³-hybridized carbons (Fsp3) is 1.00. The average Bonchev–Trinajstić information content (AvgIpc) is 2.12. The van der Waals surface area contributed by atoms with Crippen molar-refractivity contribution in [3.63, 3.8) is 0 Å². The maximum Gasteiger partial charge on any atom is 0.0502 e. The van der Waals surface area contributed by atoms with Crippen LogP contribution in [0.2, 0.25) is 0 Å². The fourth-order valence-corrected chi connectivity index (χ4v) is 4.48. The molecule has 2 heteroatoms. The molecule has 13 heavy (non-hydrogen) atoms. The lowest BCUT2D eigenvalue weighted by molar-refractivity contribution is -0.0971. The number of aliphatic hydroxyl groups is 1. The van der Waals surface area contributed by atoms with Gasteiger partial charge in [-0.05, 0) is 49.9 Å². The molecule has 2 nitrogen and oxygen atoms in total. The summed E-state index contributed by atoms with van der Waals surface area (Å²) >= 11 is 0. The van der Waals surface area contributed by atoms with E-state index in [1.165, 1.54) is 32.1 Å². The lowest BCUT2D eigenvalue weighted by Gasteiger charge is -2.59. The second-order valence-corrected chi connectivity index (χ2v) is 5.65. The van der Waals surface area contributed by atoms with Gasteiger partial charge in [0.15, 0.2) is 0 Å². The summed E-state index contributed by atoms with van der Waals surface area (Å²) in [6.45, 7) is 0.331. The second kappa shape index (κ2) is 2.48. The minimum Gasteiger partial charge on any atom is -0.396 e. The fourth-order valence-electron chi connectivity index (χ4n) is 4.48. The molecule has 4 rings (SSSR count). The predicted octanol–water partition coefficient (Wildman–Crippen LogP) is 1.13. The lowest BCUT2D eigenvalue weighted by Crippen LogP contribution is -2.61. The molecule has 4 fully saturated rings. The van der Waals surface area contributed by atoms with Crippen LogP contribution in [0.4, 0.5) is 0 Å². The zero-order valence-corrected chi connectivity index (χ0v) is 8.08. The smallest absolute Gasteiger partial charge is 0.0502 e. The van der Waals surface area contributed by atoms with Crippen molar-refractivity contribution in [3.05, 3.63) is 0 Å². The first-order valence-corrected chi connectivity index (χ1v) is 5.60. The molecule has 3 unspecified atom stereocenters. The zero-order valence-electron chi connectivity index (χ0n) is 8.08. The molecule has 4 saturated carbocycles. The van der Waals surface area contributed by atoms with Crippen molar-refractivity contribution >= 4 is 0 Å². The highest BCUT2D eigenvalue weighted by Gasteiger charge is 2.55. The van der Waals surface area contributed by atoms with Gasteiger partial charge in [0.05, 0.1) is 6.61 Å². The Kier molecular flexibility index (Phi) is 1.58. The predicted molar refractivity (Wildman–Crippen MR) is 51.0 cm³/mol. The van der Waals surface area contributed by atoms with Crippen molar-refractivity contribution in [1.82, 2.24) is 0 Å². The molecule has 0 amide bonds. The van der Waals surface area contributed by atoms with Gasteiger partial charge in [-0.15, -0.1) is 0 Å². The minimum absolute atomic E-state index is 0.134. The van der Waals surface area contributed by atoms with Crippen molar-refractivity contribution in [3.8, 4) is 0 Å². The number of rotatable bonds is 1. The topological polar surface area (TPSA) is 46.2 Å². The summed E-state index contributed by atoms with van der Waals surface area (Å²) in [5, 5.41) is 9.52. The Morgan fingerprint density at radius 2 is 1.77 bits per heavy atom. The van der Waals surface area contributed by atoms with Crippen LogP contribution in [0.15, 0.2) is 0 Å². The molecule has 74 valence electrons. The molecule has 0 heterocycles. The van der Waals surface area contributed by atoms with Gasteiger partial charge in [-0.2, -0.15) is 0 Å². The summed E-state index contributed by atoms with van der Waals surface area (Å²) in [4.78, 5) is 0. The van der Waals surface area contributed by atoms with E-state index < -0.39 is 0 Å². The third-order valence-corrected chi connectivity index (χ3v) is 4.86. The van der Waals surface area contributed by atoms with Gasteiger partial charge < -0.3 is 10.8 Å². The van der Waals surface area contributed by atoms with Gasteiger partial charge in [-0.1, -0.05) is 0 Å². The van der Waals surface area contributed by atoms with Crippen LogP contribution in [0.1, 0.15) is 32.1 Å². The third kappa shape index (κ3) is 0.962. The Balaban J connectivity index is 1.95. The summed E-state index contributed by atoms with van der Waals surface area (Å²) in [6, 6.07) is 0.297.